The molecule has 1 aliphatic heterocycles. The Morgan fingerprint density at radius 3 is 1.82 bits per heavy atom. The molecule has 0 radical (unpaired) electrons. The molecule has 0 atom stereocenters. The Balaban J connectivity index is 1.62. The zero-order valence-corrected chi connectivity index (χ0v) is 17.4. The molecular formula is C22H29N3O3. The summed E-state index contributed by atoms with van der Waals surface area (Å²) in [5.74, 6) is -0.00339. The van der Waals surface area contributed by atoms with Gasteiger partial charge in [-0.1, -0.05) is 0 Å². The van der Waals surface area contributed by atoms with Crippen LogP contribution in [0.4, 0.5) is 4.79 Å². The van der Waals surface area contributed by atoms with Crippen molar-refractivity contribution < 1.29 is 14.3 Å². The van der Waals surface area contributed by atoms with Crippen LogP contribution in [0.25, 0.3) is 5.69 Å². The second-order valence-electron chi connectivity index (χ2n) is 8.26. The van der Waals surface area contributed by atoms with Crippen LogP contribution in [0.3, 0.4) is 0 Å². The third kappa shape index (κ3) is 4.38. The van der Waals surface area contributed by atoms with Gasteiger partial charge >= 0.3 is 6.09 Å². The third-order valence-electron chi connectivity index (χ3n) is 4.86. The van der Waals surface area contributed by atoms with Gasteiger partial charge in [-0.25, -0.2) is 4.79 Å². The van der Waals surface area contributed by atoms with Gasteiger partial charge in [0.15, 0.2) is 0 Å². The molecule has 0 spiro atoms. The number of ether oxygens (including phenoxy) is 1. The predicted molar refractivity (Wildman–Crippen MR) is 109 cm³/mol. The lowest BCUT2D eigenvalue weighted by molar-refractivity contribution is 0.0141. The molecule has 0 saturated carbocycles. The second-order valence-corrected chi connectivity index (χ2v) is 8.26. The zero-order valence-electron chi connectivity index (χ0n) is 17.4. The highest BCUT2D eigenvalue weighted by atomic mass is 16.6. The van der Waals surface area contributed by atoms with Gasteiger partial charge in [-0.15, -0.1) is 0 Å². The van der Waals surface area contributed by atoms with E-state index in [4.69, 9.17) is 4.74 Å². The number of piperazine rings is 1. The number of rotatable bonds is 2. The molecular weight excluding hydrogens is 354 g/mol. The van der Waals surface area contributed by atoms with Crippen LogP contribution in [0.1, 0.15) is 42.5 Å². The van der Waals surface area contributed by atoms with Crippen molar-refractivity contribution in [2.75, 3.05) is 26.2 Å². The summed E-state index contributed by atoms with van der Waals surface area (Å²) in [4.78, 5) is 28.4. The minimum Gasteiger partial charge on any atom is -0.444 e. The molecule has 1 saturated heterocycles. The maximum absolute atomic E-state index is 12.8. The van der Waals surface area contributed by atoms with E-state index in [1.54, 1.807) is 9.80 Å². The number of aryl methyl sites for hydroxylation is 2. The van der Waals surface area contributed by atoms with E-state index < -0.39 is 5.60 Å². The van der Waals surface area contributed by atoms with Crippen LogP contribution < -0.4 is 0 Å². The van der Waals surface area contributed by atoms with Gasteiger partial charge in [0.05, 0.1) is 0 Å². The van der Waals surface area contributed by atoms with Crippen LogP contribution >= 0.6 is 0 Å². The normalized spacial score (nSPS) is 14.9. The van der Waals surface area contributed by atoms with Crippen molar-refractivity contribution in [2.45, 2.75) is 40.2 Å². The number of nitrogens with zero attached hydrogens (tertiary/aromatic N) is 3. The molecule has 0 unspecified atom stereocenters. The van der Waals surface area contributed by atoms with E-state index >= 15 is 0 Å². The van der Waals surface area contributed by atoms with Gasteiger partial charge in [0, 0.05) is 48.8 Å². The first-order chi connectivity index (χ1) is 13.2. The lowest BCUT2D eigenvalue weighted by atomic mass is 10.1. The van der Waals surface area contributed by atoms with E-state index in [0.29, 0.717) is 31.7 Å². The molecule has 1 aromatic heterocycles. The van der Waals surface area contributed by atoms with Crippen LogP contribution in [0, 0.1) is 13.8 Å². The number of amides is 2. The predicted octanol–water partition coefficient (Wildman–Crippen LogP) is 3.79. The summed E-state index contributed by atoms with van der Waals surface area (Å²) < 4.78 is 7.57. The molecule has 0 bridgehead atoms. The first kappa shape index (κ1) is 20.0. The average Bonchev–Trinajstić information content (AvgIpc) is 2.98. The van der Waals surface area contributed by atoms with E-state index in [0.717, 1.165) is 17.1 Å². The molecule has 1 aliphatic rings. The summed E-state index contributed by atoms with van der Waals surface area (Å²) >= 11 is 0. The Bertz CT molecular complexity index is 835. The summed E-state index contributed by atoms with van der Waals surface area (Å²) in [5.41, 5.74) is 3.52. The molecule has 0 N–H and O–H groups in total. The van der Waals surface area contributed by atoms with Crippen molar-refractivity contribution >= 4 is 12.0 Å². The van der Waals surface area contributed by atoms with E-state index in [9.17, 15) is 9.59 Å². The number of carbonyl (C=O) groups excluding carboxylic acids is 2. The van der Waals surface area contributed by atoms with E-state index in [2.05, 4.69) is 30.5 Å². The molecule has 1 fully saturated rings. The van der Waals surface area contributed by atoms with Gasteiger partial charge in [0.1, 0.15) is 5.60 Å². The van der Waals surface area contributed by atoms with Crippen LogP contribution in [0.15, 0.2) is 36.4 Å². The molecule has 28 heavy (non-hydrogen) atoms. The minimum atomic E-state index is -0.512. The quantitative estimate of drug-likeness (QED) is 0.793. The average molecular weight is 383 g/mol. The van der Waals surface area contributed by atoms with E-state index in [-0.39, 0.29) is 12.0 Å². The van der Waals surface area contributed by atoms with Gasteiger partial charge in [-0.05, 0) is 71.0 Å². The highest BCUT2D eigenvalue weighted by Gasteiger charge is 2.28. The van der Waals surface area contributed by atoms with Crippen LogP contribution in [-0.2, 0) is 4.74 Å². The molecule has 6 nitrogen and oxygen atoms in total. The van der Waals surface area contributed by atoms with Gasteiger partial charge < -0.3 is 19.1 Å². The maximum Gasteiger partial charge on any atom is 0.410 e. The number of benzene rings is 1. The van der Waals surface area contributed by atoms with E-state index in [1.165, 1.54) is 0 Å². The van der Waals surface area contributed by atoms with Crippen molar-refractivity contribution in [3.63, 3.8) is 0 Å². The van der Waals surface area contributed by atoms with Crippen molar-refractivity contribution in [1.82, 2.24) is 14.4 Å². The fraction of sp³-hybridized carbons (Fsp3) is 0.455. The van der Waals surface area contributed by atoms with Gasteiger partial charge in [-0.3, -0.25) is 4.79 Å². The van der Waals surface area contributed by atoms with Gasteiger partial charge in [0.25, 0.3) is 5.91 Å². The fourth-order valence-electron chi connectivity index (χ4n) is 3.43. The van der Waals surface area contributed by atoms with Crippen LogP contribution in [-0.4, -0.2) is 58.1 Å². The van der Waals surface area contributed by atoms with E-state index in [1.807, 2.05) is 45.0 Å². The fourth-order valence-corrected chi connectivity index (χ4v) is 3.43. The standard InChI is InChI=1S/C22H29N3O3/c1-16-6-7-17(2)25(16)19-10-8-18(9-11-19)20(26)23-12-14-24(15-13-23)21(27)28-22(3,4)5/h6-11H,12-15H2,1-5H3. The Hall–Kier alpha value is -2.76. The summed E-state index contributed by atoms with van der Waals surface area (Å²) in [5, 5.41) is 0. The van der Waals surface area contributed by atoms with Crippen molar-refractivity contribution in [2.24, 2.45) is 0 Å². The molecule has 0 aliphatic carbocycles. The topological polar surface area (TPSA) is 54.8 Å². The number of hydrogen-bond donors (Lipinski definition) is 0. The first-order valence-corrected chi connectivity index (χ1v) is 9.68. The highest BCUT2D eigenvalue weighted by molar-refractivity contribution is 5.94. The first-order valence-electron chi connectivity index (χ1n) is 9.68. The molecule has 150 valence electrons. The van der Waals surface area contributed by atoms with Crippen LogP contribution in [0.5, 0.6) is 0 Å². The van der Waals surface area contributed by atoms with Crippen LogP contribution in [0.2, 0.25) is 0 Å². The van der Waals surface area contributed by atoms with Crippen molar-refractivity contribution in [3.05, 3.63) is 53.3 Å². The number of hydrogen-bond acceptors (Lipinski definition) is 3. The summed E-state index contributed by atoms with van der Waals surface area (Å²) in [6.07, 6.45) is -0.318. The van der Waals surface area contributed by atoms with Crippen molar-refractivity contribution in [1.29, 1.82) is 0 Å². The Morgan fingerprint density at radius 2 is 1.32 bits per heavy atom. The molecule has 1 aromatic carbocycles. The van der Waals surface area contributed by atoms with Gasteiger partial charge in [-0.2, -0.15) is 0 Å². The Morgan fingerprint density at radius 1 is 0.821 bits per heavy atom. The van der Waals surface area contributed by atoms with Gasteiger partial charge in [0.2, 0.25) is 0 Å². The molecule has 6 heteroatoms. The molecule has 2 amide bonds. The monoisotopic (exact) mass is 383 g/mol. The second kappa shape index (κ2) is 7.70. The SMILES string of the molecule is Cc1ccc(C)n1-c1ccc(C(=O)N2CCN(C(=O)OC(C)(C)C)CC2)cc1. The Labute approximate surface area is 166 Å². The van der Waals surface area contributed by atoms with Crippen molar-refractivity contribution in [3.8, 4) is 5.69 Å². The minimum absolute atomic E-state index is 0.00339. The number of carbonyl (C=O) groups is 2. The summed E-state index contributed by atoms with van der Waals surface area (Å²) in [7, 11) is 0. The highest BCUT2D eigenvalue weighted by Crippen LogP contribution is 2.18. The lowest BCUT2D eigenvalue weighted by Gasteiger charge is -2.35. The third-order valence-corrected chi connectivity index (χ3v) is 4.86. The summed E-state index contributed by atoms with van der Waals surface area (Å²) in [6, 6.07) is 11.9. The largest absolute Gasteiger partial charge is 0.444 e. The summed E-state index contributed by atoms with van der Waals surface area (Å²) in [6.45, 7) is 11.7. The molecule has 2 heterocycles. The maximum atomic E-state index is 12.8. The zero-order chi connectivity index (χ0) is 20.5. The molecule has 3 rings (SSSR count). The lowest BCUT2D eigenvalue weighted by Crippen LogP contribution is -2.51. The molecule has 2 aromatic rings. The Kier molecular flexibility index (Phi) is 5.49. The number of aromatic nitrogens is 1. The smallest absolute Gasteiger partial charge is 0.410 e.